The number of halogens is 3. The summed E-state index contributed by atoms with van der Waals surface area (Å²) in [7, 11) is 0. The van der Waals surface area contributed by atoms with E-state index < -0.39 is 12.4 Å². The second kappa shape index (κ2) is 8.05. The molecule has 0 atom stereocenters. The molecule has 0 unspecified atom stereocenters. The van der Waals surface area contributed by atoms with Gasteiger partial charge < -0.3 is 22.4 Å². The molecule has 2 nitrogen and oxygen atoms in total. The van der Waals surface area contributed by atoms with Gasteiger partial charge in [-0.2, -0.15) is 0 Å². The first-order valence-electron chi connectivity index (χ1n) is 6.07. The molecule has 1 aliphatic heterocycles. The molecule has 19 heavy (non-hydrogen) atoms. The van der Waals surface area contributed by atoms with Crippen molar-refractivity contribution >= 4 is 12.4 Å². The fraction of sp³-hybridized carbons (Fsp3) is 0.500. The summed E-state index contributed by atoms with van der Waals surface area (Å²) in [5.41, 5.74) is -0.649. The van der Waals surface area contributed by atoms with Gasteiger partial charge in [0.25, 0.3) is 0 Å². The zero-order valence-corrected chi connectivity index (χ0v) is 14.1. The second-order valence-corrected chi connectivity index (χ2v) is 4.48. The average Bonchev–Trinajstić information content (AvgIpc) is 2.37. The van der Waals surface area contributed by atoms with Crippen LogP contribution in [0.5, 0.6) is 5.75 Å². The van der Waals surface area contributed by atoms with Gasteiger partial charge in [0.15, 0.2) is 0 Å². The van der Waals surface area contributed by atoms with Gasteiger partial charge in [0.1, 0.15) is 0 Å². The molecule has 0 aromatic heterocycles. The maximum Gasteiger partial charge on any atom is 1.00 e. The second-order valence-electron chi connectivity index (χ2n) is 4.48. The third kappa shape index (κ3) is 5.40. The molecule has 1 heterocycles. The number of benzene rings is 1. The molecule has 1 aromatic rings. The zero-order chi connectivity index (χ0) is 13.0. The van der Waals surface area contributed by atoms with Crippen molar-refractivity contribution in [2.24, 2.45) is 5.92 Å². The van der Waals surface area contributed by atoms with Crippen LogP contribution in [0.25, 0.3) is 0 Å². The molecule has 1 fully saturated rings. The predicted octanol–water partition coefficient (Wildman–Crippen LogP) is -0.450. The first-order valence-corrected chi connectivity index (χ1v) is 6.07. The van der Waals surface area contributed by atoms with Crippen molar-refractivity contribution < 1.29 is 73.8 Å². The van der Waals surface area contributed by atoms with Crippen molar-refractivity contribution in [1.29, 1.82) is 0 Å². The minimum absolute atomic E-state index is 0. The molecule has 1 saturated heterocycles. The fourth-order valence-corrected chi connectivity index (χ4v) is 2.00. The monoisotopic (exact) mass is 298 g/mol. The molecule has 0 saturated carbocycles. The summed E-state index contributed by atoms with van der Waals surface area (Å²) in [6.45, 7) is -3.36. The van der Waals surface area contributed by atoms with Crippen molar-refractivity contribution in [1.82, 2.24) is 0 Å². The fourth-order valence-electron chi connectivity index (χ4n) is 2.00. The number of para-hydroxylation sites is 1. The number of rotatable bonds is 4. The molecule has 0 radical (unpaired) electrons. The van der Waals surface area contributed by atoms with Gasteiger partial charge in [-0.1, -0.05) is 23.7 Å². The Morgan fingerprint density at radius 1 is 1.16 bits per heavy atom. The van der Waals surface area contributed by atoms with Crippen molar-refractivity contribution in [2.75, 3.05) is 19.8 Å². The van der Waals surface area contributed by atoms with Gasteiger partial charge in [-0.25, -0.2) is 0 Å². The predicted molar refractivity (Wildman–Crippen MR) is 64.2 cm³/mol. The van der Waals surface area contributed by atoms with E-state index in [0.29, 0.717) is 19.8 Å². The van der Waals surface area contributed by atoms with E-state index in [1.54, 1.807) is 6.07 Å². The van der Waals surface area contributed by atoms with Gasteiger partial charge >= 0.3 is 58.4 Å². The van der Waals surface area contributed by atoms with E-state index in [1.807, 2.05) is 0 Å². The molecule has 0 N–H and O–H groups in total. The van der Waals surface area contributed by atoms with Crippen LogP contribution in [0, 0.1) is 5.92 Å². The Hall–Kier alpha value is 0.471. The van der Waals surface area contributed by atoms with Gasteiger partial charge in [-0.05, 0) is 24.8 Å². The summed E-state index contributed by atoms with van der Waals surface area (Å²) in [5.74, 6) is 0.226. The van der Waals surface area contributed by atoms with Crippen LogP contribution in [-0.4, -0.2) is 26.8 Å². The summed E-state index contributed by atoms with van der Waals surface area (Å²) < 4.78 is 48.9. The SMILES string of the molecule is F[B-](F)(F)c1ccccc1OCC1CCOCC1.[K+]. The van der Waals surface area contributed by atoms with E-state index >= 15 is 0 Å². The van der Waals surface area contributed by atoms with Gasteiger partial charge in [-0.15, -0.1) is 0 Å². The van der Waals surface area contributed by atoms with Crippen LogP contribution >= 0.6 is 0 Å². The summed E-state index contributed by atoms with van der Waals surface area (Å²) in [4.78, 5) is 0. The van der Waals surface area contributed by atoms with Gasteiger partial charge in [0.2, 0.25) is 0 Å². The third-order valence-electron chi connectivity index (χ3n) is 3.09. The third-order valence-corrected chi connectivity index (χ3v) is 3.09. The van der Waals surface area contributed by atoms with E-state index in [2.05, 4.69) is 0 Å². The normalized spacial score (nSPS) is 16.8. The van der Waals surface area contributed by atoms with Gasteiger partial charge in [0, 0.05) is 13.2 Å². The smallest absolute Gasteiger partial charge is 0.496 e. The molecule has 1 aromatic carbocycles. The maximum atomic E-state index is 12.8. The molecule has 0 spiro atoms. The first-order chi connectivity index (χ1) is 8.57. The number of hydrogen-bond donors (Lipinski definition) is 0. The quantitative estimate of drug-likeness (QED) is 0.701. The molecule has 0 amide bonds. The molecule has 1 aliphatic rings. The zero-order valence-electron chi connectivity index (χ0n) is 11.0. The average molecular weight is 298 g/mol. The minimum Gasteiger partial charge on any atom is -0.496 e. The van der Waals surface area contributed by atoms with Gasteiger partial charge in [0.05, 0.1) is 12.4 Å². The minimum atomic E-state index is -5.02. The number of hydrogen-bond acceptors (Lipinski definition) is 2. The largest absolute Gasteiger partial charge is 1.00 e. The van der Waals surface area contributed by atoms with E-state index in [9.17, 15) is 12.9 Å². The molecule has 0 bridgehead atoms. The van der Waals surface area contributed by atoms with Crippen LogP contribution in [0.3, 0.4) is 0 Å². The molecular formula is C12H15BF3KO2. The summed E-state index contributed by atoms with van der Waals surface area (Å²) in [6.07, 6.45) is 1.69. The van der Waals surface area contributed by atoms with Gasteiger partial charge in [-0.3, -0.25) is 0 Å². The number of ether oxygens (including phenoxy) is 2. The summed E-state index contributed by atoms with van der Waals surface area (Å²) in [5, 5.41) is 0. The maximum absolute atomic E-state index is 12.8. The van der Waals surface area contributed by atoms with Crippen molar-refractivity contribution in [2.45, 2.75) is 12.8 Å². The Labute approximate surface area is 153 Å². The Balaban J connectivity index is 0.00000180. The molecular weight excluding hydrogens is 283 g/mol. The van der Waals surface area contributed by atoms with Crippen LogP contribution in [-0.2, 0) is 4.74 Å². The van der Waals surface area contributed by atoms with Crippen molar-refractivity contribution in [3.8, 4) is 5.75 Å². The Kier molecular flexibility index (Phi) is 7.42. The van der Waals surface area contributed by atoms with E-state index in [4.69, 9.17) is 9.47 Å². The van der Waals surface area contributed by atoms with Crippen LogP contribution in [0.1, 0.15) is 12.8 Å². The van der Waals surface area contributed by atoms with Crippen molar-refractivity contribution in [3.05, 3.63) is 24.3 Å². The Morgan fingerprint density at radius 2 is 1.79 bits per heavy atom. The van der Waals surface area contributed by atoms with E-state index in [1.165, 1.54) is 12.1 Å². The van der Waals surface area contributed by atoms with E-state index in [-0.39, 0.29) is 63.1 Å². The van der Waals surface area contributed by atoms with Crippen LogP contribution in [0.4, 0.5) is 12.9 Å². The molecule has 100 valence electrons. The van der Waals surface area contributed by atoms with Crippen LogP contribution < -0.4 is 61.6 Å². The molecule has 0 aliphatic carbocycles. The molecule has 2 rings (SSSR count). The Bertz CT molecular complexity index is 395. The Morgan fingerprint density at radius 3 is 2.42 bits per heavy atom. The first kappa shape index (κ1) is 17.5. The topological polar surface area (TPSA) is 18.5 Å². The van der Waals surface area contributed by atoms with Crippen LogP contribution in [0.15, 0.2) is 24.3 Å². The van der Waals surface area contributed by atoms with E-state index in [0.717, 1.165) is 18.9 Å². The standard InChI is InChI=1S/C12H15BF3O2.K/c14-13(15,16)11-3-1-2-4-12(11)18-9-10-5-7-17-8-6-10;/h1-4,10H,5-9H2;/q-1;+1. The van der Waals surface area contributed by atoms with Crippen LogP contribution in [0.2, 0.25) is 0 Å². The molecule has 7 heteroatoms. The summed E-state index contributed by atoms with van der Waals surface area (Å²) in [6, 6.07) is 5.39. The van der Waals surface area contributed by atoms with Crippen molar-refractivity contribution in [3.63, 3.8) is 0 Å². The summed E-state index contributed by atoms with van der Waals surface area (Å²) >= 11 is 0.